The van der Waals surface area contributed by atoms with Crippen molar-refractivity contribution in [3.8, 4) is 0 Å². The molecule has 3 aromatic heterocycles. The SMILES string of the molecule is CN(C)C(O)Cn1cc(Nc2ncc(C3CN(c4nc5ccccc5o4)C3)nc2C(=O)O)cn1. The monoisotopic (exact) mass is 464 g/mol. The number of oxazole rings is 1. The van der Waals surface area contributed by atoms with E-state index in [-0.39, 0.29) is 24.0 Å². The van der Waals surface area contributed by atoms with Crippen LogP contribution in [0.2, 0.25) is 0 Å². The number of aliphatic hydroxyl groups excluding tert-OH is 1. The molecule has 0 saturated carbocycles. The highest BCUT2D eigenvalue weighted by Crippen LogP contribution is 2.32. The molecular formula is C22H24N8O4. The van der Waals surface area contributed by atoms with Crippen LogP contribution in [-0.2, 0) is 6.54 Å². The molecule has 34 heavy (non-hydrogen) atoms. The van der Waals surface area contributed by atoms with Crippen molar-refractivity contribution in [2.45, 2.75) is 18.7 Å². The second-order valence-corrected chi connectivity index (χ2v) is 8.38. The highest BCUT2D eigenvalue weighted by atomic mass is 16.4. The molecule has 1 unspecified atom stereocenters. The van der Waals surface area contributed by atoms with Gasteiger partial charge in [-0.2, -0.15) is 10.1 Å². The van der Waals surface area contributed by atoms with E-state index >= 15 is 0 Å². The Bertz CT molecular complexity index is 1290. The molecule has 0 aliphatic carbocycles. The van der Waals surface area contributed by atoms with Crippen LogP contribution in [0, 0.1) is 0 Å². The molecule has 176 valence electrons. The lowest BCUT2D eigenvalue weighted by atomic mass is 9.97. The zero-order valence-electron chi connectivity index (χ0n) is 18.7. The topological polar surface area (TPSA) is 146 Å². The number of likely N-dealkylation sites (N-methyl/N-ethyl adjacent to an activating group) is 1. The van der Waals surface area contributed by atoms with Crippen molar-refractivity contribution in [1.82, 2.24) is 29.6 Å². The minimum atomic E-state index is -1.18. The van der Waals surface area contributed by atoms with Crippen LogP contribution in [-0.4, -0.2) is 79.2 Å². The smallest absolute Gasteiger partial charge is 0.358 e. The summed E-state index contributed by atoms with van der Waals surface area (Å²) in [4.78, 5) is 28.7. The molecule has 1 aliphatic heterocycles. The Morgan fingerprint density at radius 3 is 2.79 bits per heavy atom. The molecule has 0 radical (unpaired) electrons. The van der Waals surface area contributed by atoms with Crippen LogP contribution in [0.15, 0.2) is 47.3 Å². The number of fused-ring (bicyclic) bond motifs is 1. The van der Waals surface area contributed by atoms with Crippen molar-refractivity contribution in [2.24, 2.45) is 0 Å². The van der Waals surface area contributed by atoms with E-state index in [1.165, 1.54) is 6.20 Å². The summed E-state index contributed by atoms with van der Waals surface area (Å²) in [6.45, 7) is 1.48. The first-order valence-corrected chi connectivity index (χ1v) is 10.7. The zero-order chi connectivity index (χ0) is 23.8. The van der Waals surface area contributed by atoms with Gasteiger partial charge in [-0.15, -0.1) is 0 Å². The molecule has 1 atom stereocenters. The summed E-state index contributed by atoms with van der Waals surface area (Å²) in [5, 5.41) is 26.8. The molecule has 1 saturated heterocycles. The minimum absolute atomic E-state index is 0.0185. The second kappa shape index (κ2) is 8.72. The van der Waals surface area contributed by atoms with E-state index in [1.54, 1.807) is 36.1 Å². The largest absolute Gasteiger partial charge is 0.476 e. The Hall–Kier alpha value is -4.03. The van der Waals surface area contributed by atoms with Crippen molar-refractivity contribution in [3.63, 3.8) is 0 Å². The van der Waals surface area contributed by atoms with Crippen molar-refractivity contribution < 1.29 is 19.4 Å². The van der Waals surface area contributed by atoms with Gasteiger partial charge >= 0.3 is 5.97 Å². The Balaban J connectivity index is 1.27. The Morgan fingerprint density at radius 1 is 1.26 bits per heavy atom. The standard InChI is InChI=1S/C22H24N8O4/c1-28(2)18(31)12-30-11-14(7-24-30)25-20-19(21(32)33)26-16(8-23-20)13-9-29(10-13)22-27-15-5-3-4-6-17(15)34-22/h3-8,11,13,18,31H,9-10,12H2,1-2H3,(H,23,25)(H,32,33). The summed E-state index contributed by atoms with van der Waals surface area (Å²) >= 11 is 0. The van der Waals surface area contributed by atoms with E-state index in [2.05, 4.69) is 25.4 Å². The predicted molar refractivity (Wildman–Crippen MR) is 123 cm³/mol. The minimum Gasteiger partial charge on any atom is -0.476 e. The number of hydrogen-bond donors (Lipinski definition) is 3. The fourth-order valence-corrected chi connectivity index (χ4v) is 3.65. The third-order valence-electron chi connectivity index (χ3n) is 5.69. The van der Waals surface area contributed by atoms with E-state index in [0.717, 1.165) is 11.1 Å². The molecule has 1 aromatic carbocycles. The Kier molecular flexibility index (Phi) is 5.59. The molecule has 0 bridgehead atoms. The van der Waals surface area contributed by atoms with Crippen LogP contribution in [0.5, 0.6) is 0 Å². The maximum absolute atomic E-state index is 11.9. The van der Waals surface area contributed by atoms with Gasteiger partial charge in [-0.05, 0) is 26.2 Å². The first-order chi connectivity index (χ1) is 16.4. The number of rotatable bonds is 8. The number of benzene rings is 1. The molecule has 0 spiro atoms. The summed E-state index contributed by atoms with van der Waals surface area (Å²) in [7, 11) is 3.52. The number of para-hydroxylation sites is 2. The fraction of sp³-hybridized carbons (Fsp3) is 0.318. The molecule has 12 heteroatoms. The van der Waals surface area contributed by atoms with E-state index in [9.17, 15) is 15.0 Å². The van der Waals surface area contributed by atoms with Gasteiger partial charge in [-0.3, -0.25) is 9.58 Å². The highest BCUT2D eigenvalue weighted by molar-refractivity contribution is 5.91. The molecule has 4 aromatic rings. The predicted octanol–water partition coefficient (Wildman–Crippen LogP) is 1.74. The van der Waals surface area contributed by atoms with Gasteiger partial charge in [0.15, 0.2) is 17.1 Å². The number of carboxylic acid groups (broad SMARTS) is 1. The maximum atomic E-state index is 11.9. The van der Waals surface area contributed by atoms with Gasteiger partial charge in [0, 0.05) is 25.2 Å². The first kappa shape index (κ1) is 21.8. The molecule has 4 heterocycles. The van der Waals surface area contributed by atoms with Gasteiger partial charge in [-0.25, -0.2) is 14.8 Å². The summed E-state index contributed by atoms with van der Waals surface area (Å²) in [6.07, 6.45) is 4.09. The number of anilines is 3. The molecular weight excluding hydrogens is 440 g/mol. The first-order valence-electron chi connectivity index (χ1n) is 10.7. The number of hydrogen-bond acceptors (Lipinski definition) is 10. The van der Waals surface area contributed by atoms with E-state index < -0.39 is 12.2 Å². The molecule has 3 N–H and O–H groups in total. The number of aromatic carboxylic acids is 1. The Labute approximate surface area is 194 Å². The van der Waals surface area contributed by atoms with Gasteiger partial charge in [-0.1, -0.05) is 12.1 Å². The number of aliphatic hydroxyl groups is 1. The van der Waals surface area contributed by atoms with Crippen LogP contribution in [0.1, 0.15) is 22.1 Å². The zero-order valence-corrected chi connectivity index (χ0v) is 18.7. The number of nitrogens with one attached hydrogen (secondary N) is 1. The lowest BCUT2D eigenvalue weighted by Crippen LogP contribution is -2.45. The lowest BCUT2D eigenvalue weighted by Gasteiger charge is -2.37. The van der Waals surface area contributed by atoms with E-state index in [1.807, 2.05) is 29.2 Å². The number of aromatic nitrogens is 5. The van der Waals surface area contributed by atoms with E-state index in [4.69, 9.17) is 4.42 Å². The van der Waals surface area contributed by atoms with Crippen molar-refractivity contribution in [2.75, 3.05) is 37.4 Å². The average Bonchev–Trinajstić information content (AvgIpc) is 3.39. The average molecular weight is 464 g/mol. The third-order valence-corrected chi connectivity index (χ3v) is 5.69. The van der Waals surface area contributed by atoms with Gasteiger partial charge in [0.1, 0.15) is 11.7 Å². The molecule has 1 aliphatic rings. The molecule has 0 amide bonds. The maximum Gasteiger partial charge on any atom is 0.358 e. The number of nitrogens with zero attached hydrogens (tertiary/aromatic N) is 7. The Morgan fingerprint density at radius 2 is 2.06 bits per heavy atom. The van der Waals surface area contributed by atoms with Crippen LogP contribution in [0.3, 0.4) is 0 Å². The molecule has 5 rings (SSSR count). The van der Waals surface area contributed by atoms with Crippen molar-refractivity contribution in [1.29, 1.82) is 0 Å². The highest BCUT2D eigenvalue weighted by Gasteiger charge is 2.33. The van der Waals surface area contributed by atoms with E-state index in [0.29, 0.717) is 30.5 Å². The van der Waals surface area contributed by atoms with Gasteiger partial charge in [0.25, 0.3) is 6.01 Å². The summed E-state index contributed by atoms with van der Waals surface area (Å²) in [5.41, 5.74) is 2.49. The van der Waals surface area contributed by atoms with Gasteiger partial charge < -0.3 is 24.8 Å². The van der Waals surface area contributed by atoms with Crippen LogP contribution in [0.4, 0.5) is 17.5 Å². The third kappa shape index (κ3) is 4.28. The van der Waals surface area contributed by atoms with Gasteiger partial charge in [0.05, 0.1) is 30.3 Å². The number of carbonyl (C=O) groups is 1. The lowest BCUT2D eigenvalue weighted by molar-refractivity contribution is 0.0232. The van der Waals surface area contributed by atoms with Crippen molar-refractivity contribution in [3.05, 3.63) is 54.2 Å². The van der Waals surface area contributed by atoms with Crippen LogP contribution < -0.4 is 10.2 Å². The van der Waals surface area contributed by atoms with Crippen LogP contribution in [0.25, 0.3) is 11.1 Å². The fourth-order valence-electron chi connectivity index (χ4n) is 3.65. The summed E-state index contributed by atoms with van der Waals surface area (Å²) < 4.78 is 7.35. The normalized spacial score (nSPS) is 15.0. The quantitative estimate of drug-likeness (QED) is 0.328. The van der Waals surface area contributed by atoms with Gasteiger partial charge in [0.2, 0.25) is 0 Å². The molecule has 12 nitrogen and oxygen atoms in total. The molecule has 1 fully saturated rings. The summed E-state index contributed by atoms with van der Waals surface area (Å²) in [5.74, 6) is -1.04. The summed E-state index contributed by atoms with van der Waals surface area (Å²) in [6, 6.07) is 8.10. The van der Waals surface area contributed by atoms with Crippen molar-refractivity contribution >= 4 is 34.6 Å². The second-order valence-electron chi connectivity index (χ2n) is 8.38. The van der Waals surface area contributed by atoms with Crippen LogP contribution >= 0.6 is 0 Å². The number of carboxylic acids is 1.